The molecule has 0 radical (unpaired) electrons. The first-order valence-electron chi connectivity index (χ1n) is 24.2. The van der Waals surface area contributed by atoms with E-state index in [9.17, 15) is 0 Å². The Kier molecular flexibility index (Phi) is 13.5. The van der Waals surface area contributed by atoms with Gasteiger partial charge in [0.2, 0.25) is 0 Å². The molecule has 0 spiro atoms. The molecule has 0 aliphatic carbocycles. The first-order valence-corrected chi connectivity index (χ1v) is 25.0. The number of hydrogen-bond donors (Lipinski definition) is 0. The molecule has 10 aromatic carbocycles. The lowest BCUT2D eigenvalue weighted by Crippen LogP contribution is -2.09. The number of benzene rings is 10. The highest BCUT2D eigenvalue weighted by Crippen LogP contribution is 2.45. The molecule has 7 heteroatoms. The van der Waals surface area contributed by atoms with Crippen molar-refractivity contribution in [1.29, 1.82) is 0 Å². The highest BCUT2D eigenvalue weighted by atomic mass is 32.1. The standard InChI is InChI=1S/C66H50N2O4S/c1-47-48(2)66(50-25-29-52(30-26-50)68(55-35-43-63(44-36-55)71-59-19-11-5-12-20-59)56-37-45-64(46-38-56)72-60-21-13-6-14-22-60)73-65(47)49-23-27-51(28-24-49)67(53-31-39-61(40-32-53)69-57-15-7-3-8-16-57)54-33-41-62(42-34-54)70-58-17-9-4-10-18-58/h3-46H,1-2H3. The van der Waals surface area contributed by atoms with Gasteiger partial charge in [-0.3, -0.25) is 0 Å². The molecule has 0 aliphatic rings. The van der Waals surface area contributed by atoms with E-state index in [-0.39, 0.29) is 0 Å². The lowest BCUT2D eigenvalue weighted by Gasteiger charge is -2.26. The zero-order valence-corrected chi connectivity index (χ0v) is 41.2. The number of thiophene rings is 1. The third-order valence-corrected chi connectivity index (χ3v) is 14.0. The molecule has 6 nitrogen and oxygen atoms in total. The molecular weight excluding hydrogens is 917 g/mol. The molecule has 0 bridgehead atoms. The van der Waals surface area contributed by atoms with Gasteiger partial charge in [-0.2, -0.15) is 0 Å². The molecule has 1 heterocycles. The fourth-order valence-electron chi connectivity index (χ4n) is 8.72. The van der Waals surface area contributed by atoms with Crippen LogP contribution >= 0.6 is 11.3 Å². The minimum Gasteiger partial charge on any atom is -0.457 e. The van der Waals surface area contributed by atoms with Crippen molar-refractivity contribution < 1.29 is 18.9 Å². The molecule has 0 aliphatic heterocycles. The molecular formula is C66H50N2O4S. The average Bonchev–Trinajstić information content (AvgIpc) is 3.74. The van der Waals surface area contributed by atoms with E-state index < -0.39 is 0 Å². The average molecular weight is 967 g/mol. The van der Waals surface area contributed by atoms with Crippen molar-refractivity contribution in [2.24, 2.45) is 0 Å². The zero-order chi connectivity index (χ0) is 49.3. The van der Waals surface area contributed by atoms with Crippen molar-refractivity contribution in [3.05, 3.63) is 278 Å². The lowest BCUT2D eigenvalue weighted by atomic mass is 10.0. The quantitative estimate of drug-likeness (QED) is 0.0961. The van der Waals surface area contributed by atoms with E-state index in [0.29, 0.717) is 0 Å². The first-order chi connectivity index (χ1) is 36.0. The molecule has 1 aromatic heterocycles. The van der Waals surface area contributed by atoms with Crippen molar-refractivity contribution in [1.82, 2.24) is 0 Å². The minimum absolute atomic E-state index is 0.767. The van der Waals surface area contributed by atoms with Crippen molar-refractivity contribution in [3.8, 4) is 66.9 Å². The summed E-state index contributed by atoms with van der Waals surface area (Å²) in [5.74, 6) is 6.25. The number of para-hydroxylation sites is 4. The predicted molar refractivity (Wildman–Crippen MR) is 300 cm³/mol. The maximum absolute atomic E-state index is 6.16. The summed E-state index contributed by atoms with van der Waals surface area (Å²) >= 11 is 1.83. The van der Waals surface area contributed by atoms with Crippen LogP contribution in [0.3, 0.4) is 0 Å². The summed E-state index contributed by atoms with van der Waals surface area (Å²) in [7, 11) is 0. The van der Waals surface area contributed by atoms with Crippen LogP contribution in [0.5, 0.6) is 46.0 Å². The van der Waals surface area contributed by atoms with E-state index in [1.807, 2.05) is 181 Å². The Morgan fingerprint density at radius 1 is 0.233 bits per heavy atom. The topological polar surface area (TPSA) is 43.4 Å². The Bertz CT molecular complexity index is 3110. The van der Waals surface area contributed by atoms with Gasteiger partial charge >= 0.3 is 0 Å². The van der Waals surface area contributed by atoms with Crippen LogP contribution in [0.1, 0.15) is 11.1 Å². The first kappa shape index (κ1) is 46.1. The Morgan fingerprint density at radius 3 is 0.644 bits per heavy atom. The van der Waals surface area contributed by atoms with Crippen LogP contribution in [0.15, 0.2) is 267 Å². The zero-order valence-electron chi connectivity index (χ0n) is 40.3. The van der Waals surface area contributed by atoms with Gasteiger partial charge in [0, 0.05) is 43.9 Å². The minimum atomic E-state index is 0.767. The van der Waals surface area contributed by atoms with Gasteiger partial charge in [-0.15, -0.1) is 11.3 Å². The molecule has 0 saturated heterocycles. The summed E-state index contributed by atoms with van der Waals surface area (Å²) in [5, 5.41) is 0. The van der Waals surface area contributed by atoms with E-state index in [0.717, 1.165) is 80.1 Å². The maximum atomic E-state index is 6.16. The van der Waals surface area contributed by atoms with Crippen LogP contribution in [-0.2, 0) is 0 Å². The third-order valence-electron chi connectivity index (χ3n) is 12.5. The maximum Gasteiger partial charge on any atom is 0.127 e. The van der Waals surface area contributed by atoms with Crippen LogP contribution in [0.2, 0.25) is 0 Å². The highest BCUT2D eigenvalue weighted by molar-refractivity contribution is 7.19. The van der Waals surface area contributed by atoms with Gasteiger partial charge in [-0.05, 0) is 206 Å². The van der Waals surface area contributed by atoms with Crippen molar-refractivity contribution in [3.63, 3.8) is 0 Å². The van der Waals surface area contributed by atoms with Gasteiger partial charge in [0.05, 0.1) is 0 Å². The second kappa shape index (κ2) is 21.4. The summed E-state index contributed by atoms with van der Waals surface area (Å²) < 4.78 is 24.7. The summed E-state index contributed by atoms with van der Waals surface area (Å²) in [6.07, 6.45) is 0. The number of ether oxygens (including phenoxy) is 4. The van der Waals surface area contributed by atoms with Crippen LogP contribution in [-0.4, -0.2) is 0 Å². The van der Waals surface area contributed by atoms with Crippen LogP contribution in [0, 0.1) is 13.8 Å². The molecule has 0 unspecified atom stereocenters. The Hall–Kier alpha value is -9.30. The summed E-state index contributed by atoms with van der Waals surface area (Å²) in [4.78, 5) is 7.00. The predicted octanol–water partition coefficient (Wildman–Crippen LogP) is 19.8. The van der Waals surface area contributed by atoms with Gasteiger partial charge in [0.15, 0.2) is 0 Å². The molecule has 0 saturated carbocycles. The van der Waals surface area contributed by atoms with Crippen molar-refractivity contribution in [2.45, 2.75) is 13.8 Å². The van der Waals surface area contributed by atoms with E-state index in [1.165, 1.54) is 32.0 Å². The summed E-state index contributed by atoms with van der Waals surface area (Å²) in [5.41, 5.74) is 10.9. The molecule has 0 fully saturated rings. The van der Waals surface area contributed by atoms with Crippen LogP contribution in [0.4, 0.5) is 34.1 Å². The number of nitrogens with zero attached hydrogens (tertiary/aromatic N) is 2. The fraction of sp³-hybridized carbons (Fsp3) is 0.0303. The molecule has 11 aromatic rings. The Morgan fingerprint density at radius 2 is 0.425 bits per heavy atom. The fourth-order valence-corrected chi connectivity index (χ4v) is 10.0. The largest absolute Gasteiger partial charge is 0.457 e. The molecule has 0 atom stereocenters. The van der Waals surface area contributed by atoms with E-state index in [2.05, 4.69) is 121 Å². The highest BCUT2D eigenvalue weighted by Gasteiger charge is 2.19. The van der Waals surface area contributed by atoms with Gasteiger partial charge in [-0.1, -0.05) is 97.1 Å². The number of anilines is 6. The van der Waals surface area contributed by atoms with E-state index in [4.69, 9.17) is 18.9 Å². The smallest absolute Gasteiger partial charge is 0.127 e. The van der Waals surface area contributed by atoms with Crippen molar-refractivity contribution in [2.75, 3.05) is 9.80 Å². The van der Waals surface area contributed by atoms with Gasteiger partial charge in [-0.25, -0.2) is 0 Å². The van der Waals surface area contributed by atoms with Crippen LogP contribution < -0.4 is 28.7 Å². The number of rotatable bonds is 16. The van der Waals surface area contributed by atoms with Gasteiger partial charge in [0.1, 0.15) is 46.0 Å². The molecule has 0 N–H and O–H groups in total. The SMILES string of the molecule is Cc1c(-c2ccc(N(c3ccc(Oc4ccccc4)cc3)c3ccc(Oc4ccccc4)cc3)cc2)sc(-c2ccc(N(c3ccc(Oc4ccccc4)cc3)c3ccc(Oc4ccccc4)cc3)cc2)c1C. The Balaban J connectivity index is 0.868. The van der Waals surface area contributed by atoms with Crippen LogP contribution in [0.25, 0.3) is 20.9 Å². The molecule has 0 amide bonds. The van der Waals surface area contributed by atoms with E-state index in [1.54, 1.807) is 0 Å². The molecule has 354 valence electrons. The normalized spacial score (nSPS) is 10.9. The second-order valence-electron chi connectivity index (χ2n) is 17.4. The number of hydrogen-bond acceptors (Lipinski definition) is 7. The van der Waals surface area contributed by atoms with Gasteiger partial charge < -0.3 is 28.7 Å². The van der Waals surface area contributed by atoms with E-state index >= 15 is 0 Å². The monoisotopic (exact) mass is 966 g/mol. The Labute approximate surface area is 430 Å². The molecule has 73 heavy (non-hydrogen) atoms. The molecule has 11 rings (SSSR count). The lowest BCUT2D eigenvalue weighted by molar-refractivity contribution is 0.482. The summed E-state index contributed by atoms with van der Waals surface area (Å²) in [6, 6.07) is 90.0. The van der Waals surface area contributed by atoms with Gasteiger partial charge in [0.25, 0.3) is 0 Å². The third kappa shape index (κ3) is 10.7. The second-order valence-corrected chi connectivity index (χ2v) is 18.4. The van der Waals surface area contributed by atoms with Crippen molar-refractivity contribution >= 4 is 45.5 Å². The summed E-state index contributed by atoms with van der Waals surface area (Å²) in [6.45, 7) is 4.46.